The molecule has 1 unspecified atom stereocenters. The van der Waals surface area contributed by atoms with Gasteiger partial charge in [0.2, 0.25) is 10.0 Å². The second-order valence-electron chi connectivity index (χ2n) is 6.00. The van der Waals surface area contributed by atoms with Crippen molar-refractivity contribution in [3.63, 3.8) is 0 Å². The molecule has 0 radical (unpaired) electrons. The highest BCUT2D eigenvalue weighted by atomic mass is 32.2. The summed E-state index contributed by atoms with van der Waals surface area (Å²) >= 11 is 0. The Balaban J connectivity index is 1.78. The van der Waals surface area contributed by atoms with Crippen LogP contribution in [0.3, 0.4) is 0 Å². The minimum atomic E-state index is -3.60. The van der Waals surface area contributed by atoms with Gasteiger partial charge in [0.15, 0.2) is 0 Å². The summed E-state index contributed by atoms with van der Waals surface area (Å²) in [7, 11) is -3.60. The molecule has 26 heavy (non-hydrogen) atoms. The zero-order valence-electron chi connectivity index (χ0n) is 14.5. The summed E-state index contributed by atoms with van der Waals surface area (Å²) in [6.07, 6.45) is -0.432. The Bertz CT molecular complexity index is 924. The van der Waals surface area contributed by atoms with E-state index >= 15 is 0 Å². The number of hydrogen-bond donors (Lipinski definition) is 1. The topological polar surface area (TPSA) is 55.4 Å². The van der Waals surface area contributed by atoms with E-state index < -0.39 is 16.1 Å². The monoisotopic (exact) mass is 367 g/mol. The Hall–Kier alpha value is -2.63. The minimum Gasteiger partial charge on any atom is -0.484 e. The van der Waals surface area contributed by atoms with Gasteiger partial charge >= 0.3 is 0 Å². The molecule has 3 aromatic carbocycles. The molecule has 1 atom stereocenters. The van der Waals surface area contributed by atoms with Gasteiger partial charge in [-0.25, -0.2) is 13.1 Å². The van der Waals surface area contributed by atoms with Gasteiger partial charge in [0.05, 0.1) is 11.4 Å². The van der Waals surface area contributed by atoms with Gasteiger partial charge in [-0.1, -0.05) is 66.2 Å². The SMILES string of the molecule is Cc1ccc(S(=O)(=O)NCC(Oc2ccccc2)c2ccccc2)cc1. The third-order valence-corrected chi connectivity index (χ3v) is 5.42. The first-order valence-electron chi connectivity index (χ1n) is 8.37. The largest absolute Gasteiger partial charge is 0.484 e. The van der Waals surface area contributed by atoms with Crippen molar-refractivity contribution in [2.24, 2.45) is 0 Å². The van der Waals surface area contributed by atoms with Crippen molar-refractivity contribution in [2.45, 2.75) is 17.9 Å². The first-order valence-corrected chi connectivity index (χ1v) is 9.86. The second kappa shape index (κ2) is 8.17. The van der Waals surface area contributed by atoms with Gasteiger partial charge in [-0.3, -0.25) is 0 Å². The molecule has 0 saturated carbocycles. The van der Waals surface area contributed by atoms with E-state index in [2.05, 4.69) is 4.72 Å². The molecule has 0 amide bonds. The van der Waals surface area contributed by atoms with Crippen LogP contribution in [-0.2, 0) is 10.0 Å². The molecule has 0 saturated heterocycles. The van der Waals surface area contributed by atoms with Gasteiger partial charge in [0.25, 0.3) is 0 Å². The number of hydrogen-bond acceptors (Lipinski definition) is 3. The molecule has 0 aliphatic carbocycles. The minimum absolute atomic E-state index is 0.134. The average Bonchev–Trinajstić information content (AvgIpc) is 2.67. The van der Waals surface area contributed by atoms with Crippen LogP contribution in [0.1, 0.15) is 17.2 Å². The third kappa shape index (κ3) is 4.71. The lowest BCUT2D eigenvalue weighted by molar-refractivity contribution is 0.209. The highest BCUT2D eigenvalue weighted by Gasteiger charge is 2.19. The van der Waals surface area contributed by atoms with Gasteiger partial charge in [0, 0.05) is 0 Å². The fraction of sp³-hybridized carbons (Fsp3) is 0.143. The number of nitrogens with one attached hydrogen (secondary N) is 1. The van der Waals surface area contributed by atoms with Gasteiger partial charge in [0.1, 0.15) is 11.9 Å². The quantitative estimate of drug-likeness (QED) is 0.684. The highest BCUT2D eigenvalue weighted by molar-refractivity contribution is 7.89. The zero-order valence-corrected chi connectivity index (χ0v) is 15.3. The molecule has 0 spiro atoms. The van der Waals surface area contributed by atoms with Crippen molar-refractivity contribution in [2.75, 3.05) is 6.54 Å². The normalized spacial score (nSPS) is 12.5. The second-order valence-corrected chi connectivity index (χ2v) is 7.76. The lowest BCUT2D eigenvalue weighted by Gasteiger charge is -2.20. The van der Waals surface area contributed by atoms with Crippen LogP contribution < -0.4 is 9.46 Å². The van der Waals surface area contributed by atoms with Crippen molar-refractivity contribution in [1.82, 2.24) is 4.72 Å². The number of para-hydroxylation sites is 1. The molecule has 0 fully saturated rings. The molecule has 1 N–H and O–H groups in total. The summed E-state index contributed by atoms with van der Waals surface area (Å²) in [4.78, 5) is 0.245. The molecule has 4 nitrogen and oxygen atoms in total. The van der Waals surface area contributed by atoms with Crippen LogP contribution in [0, 0.1) is 6.92 Å². The average molecular weight is 367 g/mol. The summed E-state index contributed by atoms with van der Waals surface area (Å²) in [5.74, 6) is 0.691. The number of sulfonamides is 1. The summed E-state index contributed by atoms with van der Waals surface area (Å²) in [5.41, 5.74) is 1.92. The molecule has 134 valence electrons. The van der Waals surface area contributed by atoms with Crippen LogP contribution in [0.4, 0.5) is 0 Å². The van der Waals surface area contributed by atoms with Crippen LogP contribution in [0.15, 0.2) is 89.8 Å². The summed E-state index contributed by atoms with van der Waals surface area (Å²) < 4.78 is 33.8. The first kappa shape index (κ1) is 18.2. The number of aryl methyl sites for hydroxylation is 1. The molecular formula is C21H21NO3S. The Kier molecular flexibility index (Phi) is 5.71. The van der Waals surface area contributed by atoms with Gasteiger partial charge in [-0.05, 0) is 36.8 Å². The molecule has 0 bridgehead atoms. The van der Waals surface area contributed by atoms with E-state index in [-0.39, 0.29) is 11.4 Å². The van der Waals surface area contributed by atoms with Gasteiger partial charge in [-0.15, -0.1) is 0 Å². The first-order chi connectivity index (χ1) is 12.5. The van der Waals surface area contributed by atoms with E-state index in [0.717, 1.165) is 11.1 Å². The molecule has 0 aliphatic rings. The Morgan fingerprint density at radius 2 is 1.42 bits per heavy atom. The van der Waals surface area contributed by atoms with Crippen LogP contribution in [0.25, 0.3) is 0 Å². The fourth-order valence-electron chi connectivity index (χ4n) is 2.54. The molecular weight excluding hydrogens is 346 g/mol. The lowest BCUT2D eigenvalue weighted by Crippen LogP contribution is -2.30. The predicted molar refractivity (Wildman–Crippen MR) is 103 cm³/mol. The van der Waals surface area contributed by atoms with Gasteiger partial charge in [-0.2, -0.15) is 0 Å². The van der Waals surface area contributed by atoms with Crippen LogP contribution in [0.5, 0.6) is 5.75 Å². The van der Waals surface area contributed by atoms with E-state index in [0.29, 0.717) is 5.75 Å². The summed E-state index contributed by atoms with van der Waals surface area (Å²) in [5, 5.41) is 0. The molecule has 3 aromatic rings. The molecule has 3 rings (SSSR count). The maximum atomic E-state index is 12.6. The van der Waals surface area contributed by atoms with Crippen molar-refractivity contribution in [3.05, 3.63) is 96.1 Å². The maximum Gasteiger partial charge on any atom is 0.240 e. The van der Waals surface area contributed by atoms with Crippen LogP contribution in [0.2, 0.25) is 0 Å². The maximum absolute atomic E-state index is 12.6. The van der Waals surface area contributed by atoms with E-state index in [1.807, 2.05) is 67.6 Å². The fourth-order valence-corrected chi connectivity index (χ4v) is 3.58. The number of benzene rings is 3. The van der Waals surface area contributed by atoms with E-state index in [1.165, 1.54) is 0 Å². The molecule has 0 aliphatic heterocycles. The van der Waals surface area contributed by atoms with Crippen molar-refractivity contribution < 1.29 is 13.2 Å². The van der Waals surface area contributed by atoms with E-state index in [1.54, 1.807) is 24.3 Å². The van der Waals surface area contributed by atoms with E-state index in [4.69, 9.17) is 4.74 Å². The van der Waals surface area contributed by atoms with Crippen molar-refractivity contribution in [1.29, 1.82) is 0 Å². The Morgan fingerprint density at radius 1 is 0.846 bits per heavy atom. The third-order valence-electron chi connectivity index (χ3n) is 3.98. The smallest absolute Gasteiger partial charge is 0.240 e. The predicted octanol–water partition coefficient (Wildman–Crippen LogP) is 4.09. The molecule has 0 aromatic heterocycles. The summed E-state index contributed by atoms with van der Waals surface area (Å²) in [6, 6.07) is 25.7. The lowest BCUT2D eigenvalue weighted by atomic mass is 10.1. The summed E-state index contributed by atoms with van der Waals surface area (Å²) in [6.45, 7) is 2.05. The van der Waals surface area contributed by atoms with Crippen LogP contribution in [-0.4, -0.2) is 15.0 Å². The molecule has 0 heterocycles. The van der Waals surface area contributed by atoms with Crippen LogP contribution >= 0.6 is 0 Å². The standard InChI is InChI=1S/C21H21NO3S/c1-17-12-14-20(15-13-17)26(23,24)22-16-21(18-8-4-2-5-9-18)25-19-10-6-3-7-11-19/h2-15,21-22H,16H2,1H3. The van der Waals surface area contributed by atoms with Crippen molar-refractivity contribution in [3.8, 4) is 5.75 Å². The highest BCUT2D eigenvalue weighted by Crippen LogP contribution is 2.22. The van der Waals surface area contributed by atoms with Gasteiger partial charge < -0.3 is 4.74 Å². The van der Waals surface area contributed by atoms with Crippen molar-refractivity contribution >= 4 is 10.0 Å². The number of rotatable bonds is 7. The Morgan fingerprint density at radius 3 is 2.04 bits per heavy atom. The Labute approximate surface area is 154 Å². The zero-order chi connectivity index (χ0) is 18.4. The number of ether oxygens (including phenoxy) is 1. The molecule has 5 heteroatoms. The van der Waals surface area contributed by atoms with E-state index in [9.17, 15) is 8.42 Å².